The maximum Gasteiger partial charge on any atom is 0.412 e. The van der Waals surface area contributed by atoms with E-state index in [-0.39, 0.29) is 33.4 Å². The van der Waals surface area contributed by atoms with Crippen molar-refractivity contribution in [3.8, 4) is 16.9 Å². The molecule has 0 radical (unpaired) electrons. The molecule has 0 aliphatic carbocycles. The zero-order valence-electron chi connectivity index (χ0n) is 36.4. The molecule has 62 heavy (non-hydrogen) atoms. The molecule has 2 bridgehead atoms. The second kappa shape index (κ2) is 18.0. The number of phenols is 1. The van der Waals surface area contributed by atoms with E-state index >= 15 is 0 Å². The number of nitrogens with one attached hydrogen (secondary N) is 2. The van der Waals surface area contributed by atoms with E-state index in [1.807, 2.05) is 47.0 Å². The Kier molecular flexibility index (Phi) is 12.6. The molecule has 3 aliphatic rings. The van der Waals surface area contributed by atoms with E-state index in [4.69, 9.17) is 4.43 Å². The molecule has 9 rings (SSSR count). The number of anilines is 1. The van der Waals surface area contributed by atoms with Gasteiger partial charge in [0, 0.05) is 43.2 Å². The van der Waals surface area contributed by atoms with Crippen molar-refractivity contribution in [1.82, 2.24) is 19.8 Å². The van der Waals surface area contributed by atoms with Crippen molar-refractivity contribution in [3.63, 3.8) is 0 Å². The third-order valence-corrected chi connectivity index (χ3v) is 19.0. The minimum absolute atomic E-state index is 0.0197. The molecule has 1 unspecified atom stereocenters. The smallest absolute Gasteiger partial charge is 0.412 e. The molecule has 0 saturated carbocycles. The van der Waals surface area contributed by atoms with Gasteiger partial charge in [-0.1, -0.05) is 86.7 Å². The van der Waals surface area contributed by atoms with E-state index in [0.717, 1.165) is 101 Å². The van der Waals surface area contributed by atoms with Gasteiger partial charge < -0.3 is 29.8 Å². The molecule has 3 fully saturated rings. The van der Waals surface area contributed by atoms with E-state index < -0.39 is 14.4 Å². The fourth-order valence-electron chi connectivity index (χ4n) is 9.11. The number of pyridine rings is 1. The standard InChI is InChI=1S/C49H59N5O6SSi/c1-49(2,3)62(4,5)60-43(37-17-20-42(55)46-38(37)18-21-45(56)51-46)30-50-29-33-15-19-39-44(28-33)61-48(59)53(39)24-10-9-11-32-14-16-36(34-12-7-6-8-13-34)40(27-32)54(47(57)58)41-31-52-25-22-35(41)23-26-52/h6-8,12-21,27-28,35,41,43,50,55H,9-11,22-26,29-31H2,1-5H3,(H,51,56)(H,57,58)/t41?,43-/m0/s1. The van der Waals surface area contributed by atoms with Crippen molar-refractivity contribution in [1.29, 1.82) is 0 Å². The van der Waals surface area contributed by atoms with Gasteiger partial charge in [-0.15, -0.1) is 0 Å². The Balaban J connectivity index is 0.942. The monoisotopic (exact) mass is 873 g/mol. The zero-order valence-corrected chi connectivity index (χ0v) is 38.3. The number of aromatic nitrogens is 2. The lowest BCUT2D eigenvalue weighted by Gasteiger charge is -2.48. The lowest BCUT2D eigenvalue weighted by molar-refractivity contribution is 0.0837. The average molecular weight is 874 g/mol. The van der Waals surface area contributed by atoms with Crippen LogP contribution in [0.3, 0.4) is 0 Å². The molecular weight excluding hydrogens is 815 g/mol. The molecule has 6 aromatic rings. The van der Waals surface area contributed by atoms with Gasteiger partial charge in [-0.25, -0.2) is 4.79 Å². The Bertz CT molecular complexity index is 2680. The van der Waals surface area contributed by atoms with Crippen LogP contribution in [0.4, 0.5) is 10.5 Å². The van der Waals surface area contributed by atoms with Crippen molar-refractivity contribution < 1.29 is 19.4 Å². The molecule has 326 valence electrons. The van der Waals surface area contributed by atoms with Crippen molar-refractivity contribution in [2.75, 3.05) is 31.1 Å². The molecule has 3 aliphatic heterocycles. The molecule has 4 aromatic carbocycles. The third kappa shape index (κ3) is 9.18. The summed E-state index contributed by atoms with van der Waals surface area (Å²) in [6.45, 7) is 15.6. The topological polar surface area (TPSA) is 140 Å². The highest BCUT2D eigenvalue weighted by Gasteiger charge is 2.41. The van der Waals surface area contributed by atoms with E-state index in [0.29, 0.717) is 31.1 Å². The third-order valence-electron chi connectivity index (χ3n) is 13.6. The maximum atomic E-state index is 13.3. The number of carbonyl (C=O) groups is 1. The Labute approximate surface area is 368 Å². The van der Waals surface area contributed by atoms with E-state index in [1.165, 1.54) is 17.4 Å². The molecule has 2 atom stereocenters. The van der Waals surface area contributed by atoms with Crippen LogP contribution in [0.2, 0.25) is 18.1 Å². The number of aromatic hydroxyl groups is 1. The molecule has 1 amide bonds. The van der Waals surface area contributed by atoms with E-state index in [1.54, 1.807) is 17.0 Å². The number of carboxylic acid groups (broad SMARTS) is 1. The molecule has 2 aromatic heterocycles. The van der Waals surface area contributed by atoms with E-state index in [2.05, 4.69) is 79.4 Å². The first-order valence-electron chi connectivity index (χ1n) is 22.0. The number of H-pyrrole nitrogens is 1. The SMILES string of the molecule is CC(C)(C)[Si](C)(C)O[C@@H](CNCc1ccc2c(c1)sc(=O)n2CCCCc1ccc(-c2ccccc2)c(N(C(=O)O)C2CN3CCC2CC3)c1)c1ccc(O)c2[nH]c(=O)ccc12. The van der Waals surface area contributed by atoms with Gasteiger partial charge in [-0.3, -0.25) is 19.1 Å². The molecule has 11 nitrogen and oxygen atoms in total. The number of benzene rings is 4. The highest BCUT2D eigenvalue weighted by Crippen LogP contribution is 2.42. The van der Waals surface area contributed by atoms with Crippen molar-refractivity contribution in [3.05, 3.63) is 128 Å². The Hall–Kier alpha value is -5.05. The quantitative estimate of drug-likeness (QED) is 0.0591. The van der Waals surface area contributed by atoms with Gasteiger partial charge in [0.2, 0.25) is 5.56 Å². The van der Waals surface area contributed by atoms with Crippen LogP contribution in [-0.2, 0) is 23.9 Å². The fourth-order valence-corrected chi connectivity index (χ4v) is 11.4. The summed E-state index contributed by atoms with van der Waals surface area (Å²) in [5, 5.41) is 25.6. The number of aryl methyl sites for hydroxylation is 2. The van der Waals surface area contributed by atoms with Gasteiger partial charge in [0.15, 0.2) is 8.32 Å². The number of hydrogen-bond donors (Lipinski definition) is 4. The van der Waals surface area contributed by atoms with Crippen molar-refractivity contribution in [2.45, 2.75) is 96.2 Å². The van der Waals surface area contributed by atoms with Crippen LogP contribution >= 0.6 is 11.3 Å². The van der Waals surface area contributed by atoms with Gasteiger partial charge >= 0.3 is 11.0 Å². The lowest BCUT2D eigenvalue weighted by Crippen LogP contribution is -2.59. The maximum absolute atomic E-state index is 13.3. The Morgan fingerprint density at radius 1 is 0.968 bits per heavy atom. The van der Waals surface area contributed by atoms with Crippen LogP contribution in [0.15, 0.2) is 101 Å². The summed E-state index contributed by atoms with van der Waals surface area (Å²) in [6, 6.07) is 29.2. The largest absolute Gasteiger partial charge is 0.506 e. The summed E-state index contributed by atoms with van der Waals surface area (Å²) < 4.78 is 9.81. The van der Waals surface area contributed by atoms with Gasteiger partial charge in [-0.2, -0.15) is 0 Å². The predicted molar refractivity (Wildman–Crippen MR) is 253 cm³/mol. The highest BCUT2D eigenvalue weighted by molar-refractivity contribution is 7.16. The molecule has 13 heteroatoms. The number of phenolic OH excluding ortho intramolecular Hbond substituents is 1. The number of amides is 1. The summed E-state index contributed by atoms with van der Waals surface area (Å²) in [4.78, 5) is 45.4. The number of aromatic amines is 1. The number of hydrogen-bond acceptors (Lipinski definition) is 8. The number of fused-ring (bicyclic) bond motifs is 5. The predicted octanol–water partition coefficient (Wildman–Crippen LogP) is 9.73. The Morgan fingerprint density at radius 3 is 2.44 bits per heavy atom. The highest BCUT2D eigenvalue weighted by atomic mass is 32.1. The zero-order chi connectivity index (χ0) is 43.8. The van der Waals surface area contributed by atoms with Gasteiger partial charge in [0.1, 0.15) is 5.75 Å². The van der Waals surface area contributed by atoms with Crippen molar-refractivity contribution >= 4 is 52.6 Å². The minimum Gasteiger partial charge on any atom is -0.506 e. The number of rotatable bonds is 15. The number of piperidine rings is 3. The average Bonchev–Trinajstić information content (AvgIpc) is 3.56. The first kappa shape index (κ1) is 43.6. The lowest BCUT2D eigenvalue weighted by atomic mass is 9.82. The normalized spacial score (nSPS) is 18.4. The second-order valence-corrected chi connectivity index (χ2v) is 24.4. The minimum atomic E-state index is -2.24. The summed E-state index contributed by atoms with van der Waals surface area (Å²) in [7, 11) is -2.24. The van der Waals surface area contributed by atoms with Crippen LogP contribution < -0.4 is 20.6 Å². The number of unbranched alkanes of at least 4 members (excludes halogenated alkanes) is 1. The number of nitrogens with zero attached hydrogens (tertiary/aromatic N) is 3. The summed E-state index contributed by atoms with van der Waals surface area (Å²) >= 11 is 1.27. The summed E-state index contributed by atoms with van der Waals surface area (Å²) in [6.07, 6.45) is 3.27. The van der Waals surface area contributed by atoms with Crippen LogP contribution in [0.25, 0.3) is 32.2 Å². The first-order valence-corrected chi connectivity index (χ1v) is 25.7. The summed E-state index contributed by atoms with van der Waals surface area (Å²) in [5.41, 5.74) is 6.80. The van der Waals surface area contributed by atoms with Gasteiger partial charge in [-0.05, 0) is 122 Å². The van der Waals surface area contributed by atoms with Crippen LogP contribution in [0, 0.1) is 5.92 Å². The van der Waals surface area contributed by atoms with Gasteiger partial charge in [0.25, 0.3) is 0 Å². The second-order valence-electron chi connectivity index (χ2n) is 18.6. The molecule has 4 N–H and O–H groups in total. The molecule has 5 heterocycles. The van der Waals surface area contributed by atoms with Crippen LogP contribution in [0.1, 0.15) is 69.2 Å². The number of thiazole rings is 1. The van der Waals surface area contributed by atoms with Crippen LogP contribution in [0.5, 0.6) is 5.75 Å². The first-order chi connectivity index (χ1) is 29.7. The van der Waals surface area contributed by atoms with E-state index in [9.17, 15) is 24.6 Å². The fraction of sp³-hybridized carbons (Fsp3) is 0.408. The summed E-state index contributed by atoms with van der Waals surface area (Å²) in [5.74, 6) is 0.382. The van der Waals surface area contributed by atoms with Crippen molar-refractivity contribution in [2.24, 2.45) is 5.92 Å². The molecular formula is C49H59N5O6SSi. The Morgan fingerprint density at radius 2 is 1.73 bits per heavy atom. The van der Waals surface area contributed by atoms with Crippen LogP contribution in [-0.4, -0.2) is 71.3 Å². The van der Waals surface area contributed by atoms with Gasteiger partial charge in [0.05, 0.1) is 33.6 Å². The molecule has 0 spiro atoms. The molecule has 3 saturated heterocycles.